The molecule has 1 aliphatic rings. The standard InChI is InChI=1S/C17H15BrCl2N2O/c1-17(9-11-2-4-12(18)5-3-11)10-22(16(23)21-17)15-7-13(19)6-14(20)8-15/h2-8H,9-10H2,1H3,(H,21,23)/t17-/m0/s1. The third-order valence-corrected chi connectivity index (χ3v) is 4.79. The van der Waals surface area contributed by atoms with Crippen LogP contribution < -0.4 is 10.2 Å². The Bertz CT molecular complexity index is 731. The minimum absolute atomic E-state index is 0.136. The first kappa shape index (κ1) is 16.6. The van der Waals surface area contributed by atoms with Crippen molar-refractivity contribution in [3.8, 4) is 0 Å². The number of hydrogen-bond donors (Lipinski definition) is 1. The van der Waals surface area contributed by atoms with Gasteiger partial charge in [0.05, 0.1) is 12.1 Å². The molecule has 3 nitrogen and oxygen atoms in total. The summed E-state index contributed by atoms with van der Waals surface area (Å²) < 4.78 is 1.04. The van der Waals surface area contributed by atoms with Crippen LogP contribution >= 0.6 is 39.1 Å². The topological polar surface area (TPSA) is 32.3 Å². The number of hydrogen-bond acceptors (Lipinski definition) is 1. The van der Waals surface area contributed by atoms with Gasteiger partial charge in [0, 0.05) is 20.2 Å². The van der Waals surface area contributed by atoms with E-state index in [1.807, 2.05) is 19.1 Å². The molecule has 1 heterocycles. The summed E-state index contributed by atoms with van der Waals surface area (Å²) in [5.41, 5.74) is 1.53. The van der Waals surface area contributed by atoms with Crippen LogP contribution in [0.4, 0.5) is 10.5 Å². The second-order valence-corrected chi connectivity index (χ2v) is 7.80. The maximum Gasteiger partial charge on any atom is 0.322 e. The largest absolute Gasteiger partial charge is 0.330 e. The molecule has 23 heavy (non-hydrogen) atoms. The zero-order valence-electron chi connectivity index (χ0n) is 12.4. The lowest BCUT2D eigenvalue weighted by Crippen LogP contribution is -2.42. The van der Waals surface area contributed by atoms with Crippen LogP contribution in [-0.2, 0) is 6.42 Å². The number of nitrogens with zero attached hydrogens (tertiary/aromatic N) is 1. The Labute approximate surface area is 153 Å². The van der Waals surface area contributed by atoms with Gasteiger partial charge in [0.1, 0.15) is 0 Å². The van der Waals surface area contributed by atoms with Crippen LogP contribution in [0.2, 0.25) is 10.0 Å². The minimum Gasteiger partial charge on any atom is -0.330 e. The molecular formula is C17H15BrCl2N2O. The summed E-state index contributed by atoms with van der Waals surface area (Å²) in [4.78, 5) is 14.1. The highest BCUT2D eigenvalue weighted by molar-refractivity contribution is 9.10. The SMILES string of the molecule is C[C@]1(Cc2ccc(Br)cc2)CN(c2cc(Cl)cc(Cl)c2)C(=O)N1. The molecule has 1 N–H and O–H groups in total. The van der Waals surface area contributed by atoms with Gasteiger partial charge in [0.25, 0.3) is 0 Å². The second kappa shape index (κ2) is 6.34. The summed E-state index contributed by atoms with van der Waals surface area (Å²) >= 11 is 15.5. The van der Waals surface area contributed by atoms with Gasteiger partial charge in [0.15, 0.2) is 0 Å². The fourth-order valence-corrected chi connectivity index (χ4v) is 3.62. The van der Waals surface area contributed by atoms with E-state index in [-0.39, 0.29) is 11.6 Å². The van der Waals surface area contributed by atoms with Crippen molar-refractivity contribution in [3.05, 3.63) is 62.5 Å². The molecule has 0 saturated carbocycles. The number of halogens is 3. The first-order valence-electron chi connectivity index (χ1n) is 7.15. The summed E-state index contributed by atoms with van der Waals surface area (Å²) in [5, 5.41) is 4.10. The molecule has 2 aromatic rings. The lowest BCUT2D eigenvalue weighted by Gasteiger charge is -2.24. The Kier molecular flexibility index (Phi) is 4.59. The summed E-state index contributed by atoms with van der Waals surface area (Å²) in [5.74, 6) is 0. The molecule has 0 aliphatic carbocycles. The number of benzene rings is 2. The van der Waals surface area contributed by atoms with Crippen LogP contribution in [0.15, 0.2) is 46.9 Å². The van der Waals surface area contributed by atoms with Gasteiger partial charge in [-0.2, -0.15) is 0 Å². The van der Waals surface area contributed by atoms with Crippen molar-refractivity contribution in [1.29, 1.82) is 0 Å². The van der Waals surface area contributed by atoms with Crippen LogP contribution in [-0.4, -0.2) is 18.1 Å². The molecule has 120 valence electrons. The predicted octanol–water partition coefficient (Wildman–Crippen LogP) is 5.29. The average molecular weight is 414 g/mol. The molecular weight excluding hydrogens is 399 g/mol. The van der Waals surface area contributed by atoms with Crippen molar-refractivity contribution in [1.82, 2.24) is 5.32 Å². The Morgan fingerprint density at radius 3 is 2.39 bits per heavy atom. The van der Waals surface area contributed by atoms with Crippen molar-refractivity contribution >= 4 is 50.9 Å². The zero-order chi connectivity index (χ0) is 16.6. The third kappa shape index (κ3) is 3.82. The van der Waals surface area contributed by atoms with Crippen LogP contribution in [0, 0.1) is 0 Å². The van der Waals surface area contributed by atoms with Crippen molar-refractivity contribution in [2.75, 3.05) is 11.4 Å². The van der Waals surface area contributed by atoms with E-state index in [9.17, 15) is 4.79 Å². The molecule has 0 radical (unpaired) electrons. The van der Waals surface area contributed by atoms with Gasteiger partial charge in [-0.05, 0) is 49.2 Å². The fraction of sp³-hybridized carbons (Fsp3) is 0.235. The van der Waals surface area contributed by atoms with E-state index in [1.165, 1.54) is 5.56 Å². The smallest absolute Gasteiger partial charge is 0.322 e. The van der Waals surface area contributed by atoms with E-state index in [0.717, 1.165) is 10.9 Å². The van der Waals surface area contributed by atoms with Gasteiger partial charge in [-0.1, -0.05) is 51.3 Å². The van der Waals surface area contributed by atoms with E-state index in [1.54, 1.807) is 23.1 Å². The maximum atomic E-state index is 12.4. The first-order chi connectivity index (χ1) is 10.8. The van der Waals surface area contributed by atoms with Crippen LogP contribution in [0.25, 0.3) is 0 Å². The number of rotatable bonds is 3. The lowest BCUT2D eigenvalue weighted by atomic mass is 9.93. The Balaban J connectivity index is 1.81. The van der Waals surface area contributed by atoms with E-state index in [0.29, 0.717) is 22.3 Å². The first-order valence-corrected chi connectivity index (χ1v) is 8.70. The third-order valence-electron chi connectivity index (χ3n) is 3.83. The van der Waals surface area contributed by atoms with Crippen molar-refractivity contribution < 1.29 is 4.79 Å². The van der Waals surface area contributed by atoms with Gasteiger partial charge in [-0.25, -0.2) is 4.79 Å². The molecule has 0 unspecified atom stereocenters. The van der Waals surface area contributed by atoms with Crippen LogP contribution in [0.1, 0.15) is 12.5 Å². The lowest BCUT2D eigenvalue weighted by molar-refractivity contribution is 0.248. The van der Waals surface area contributed by atoms with Gasteiger partial charge < -0.3 is 5.32 Å². The molecule has 1 fully saturated rings. The molecule has 2 amide bonds. The highest BCUT2D eigenvalue weighted by atomic mass is 79.9. The number of carbonyl (C=O) groups is 1. The fourth-order valence-electron chi connectivity index (χ4n) is 2.84. The second-order valence-electron chi connectivity index (χ2n) is 6.01. The molecule has 1 atom stereocenters. The van der Waals surface area contributed by atoms with Crippen LogP contribution in [0.3, 0.4) is 0 Å². The van der Waals surface area contributed by atoms with E-state index in [4.69, 9.17) is 23.2 Å². The van der Waals surface area contributed by atoms with Gasteiger partial charge in [0.2, 0.25) is 0 Å². The van der Waals surface area contributed by atoms with E-state index >= 15 is 0 Å². The van der Waals surface area contributed by atoms with Gasteiger partial charge in [-0.3, -0.25) is 4.90 Å². The Morgan fingerprint density at radius 2 is 1.78 bits per heavy atom. The normalized spacial score (nSPS) is 20.7. The molecule has 0 bridgehead atoms. The van der Waals surface area contributed by atoms with E-state index < -0.39 is 0 Å². The summed E-state index contributed by atoms with van der Waals surface area (Å²) in [6.07, 6.45) is 0.747. The monoisotopic (exact) mass is 412 g/mol. The molecule has 2 aromatic carbocycles. The maximum absolute atomic E-state index is 12.4. The molecule has 6 heteroatoms. The van der Waals surface area contributed by atoms with Crippen molar-refractivity contribution in [3.63, 3.8) is 0 Å². The van der Waals surface area contributed by atoms with Crippen molar-refractivity contribution in [2.45, 2.75) is 18.9 Å². The Morgan fingerprint density at radius 1 is 1.17 bits per heavy atom. The highest BCUT2D eigenvalue weighted by Crippen LogP contribution is 2.30. The Hall–Kier alpha value is -1.23. The van der Waals surface area contributed by atoms with Gasteiger partial charge in [-0.15, -0.1) is 0 Å². The molecule has 3 rings (SSSR count). The van der Waals surface area contributed by atoms with Gasteiger partial charge >= 0.3 is 6.03 Å². The highest BCUT2D eigenvalue weighted by Gasteiger charge is 2.39. The molecule has 0 aromatic heterocycles. The number of amides is 2. The predicted molar refractivity (Wildman–Crippen MR) is 98.6 cm³/mol. The van der Waals surface area contributed by atoms with E-state index in [2.05, 4.69) is 33.4 Å². The summed E-state index contributed by atoms with van der Waals surface area (Å²) in [6, 6.07) is 13.1. The zero-order valence-corrected chi connectivity index (χ0v) is 15.5. The van der Waals surface area contributed by atoms with Crippen LogP contribution in [0.5, 0.6) is 0 Å². The number of nitrogens with one attached hydrogen (secondary N) is 1. The molecule has 0 spiro atoms. The number of urea groups is 1. The quantitative estimate of drug-likeness (QED) is 0.728. The van der Waals surface area contributed by atoms with Crippen molar-refractivity contribution in [2.24, 2.45) is 0 Å². The summed E-state index contributed by atoms with van der Waals surface area (Å²) in [6.45, 7) is 2.59. The number of carbonyl (C=O) groups excluding carboxylic acids is 1. The molecule has 1 saturated heterocycles. The molecule has 1 aliphatic heterocycles. The number of anilines is 1. The average Bonchev–Trinajstić information content (AvgIpc) is 2.75. The summed E-state index contributed by atoms with van der Waals surface area (Å²) in [7, 11) is 0. The minimum atomic E-state index is -0.348.